The van der Waals surface area contributed by atoms with E-state index in [9.17, 15) is 19.5 Å². The minimum Gasteiger partial charge on any atom is -0.477 e. The van der Waals surface area contributed by atoms with Crippen LogP contribution in [0.1, 0.15) is 49.5 Å². The second-order valence-corrected chi connectivity index (χ2v) is 8.80. The van der Waals surface area contributed by atoms with E-state index in [0.717, 1.165) is 12.8 Å². The minimum atomic E-state index is -1.30. The highest BCUT2D eigenvalue weighted by Gasteiger charge is 2.32. The number of aromatic nitrogens is 1. The highest BCUT2D eigenvalue weighted by atomic mass is 19.1. The fraction of sp³-hybridized carbons (Fsp3) is 0.522. The number of carboxylic acid groups (broad SMARTS) is 1. The van der Waals surface area contributed by atoms with Gasteiger partial charge in [0.1, 0.15) is 11.4 Å². The van der Waals surface area contributed by atoms with Crippen LogP contribution in [0.25, 0.3) is 10.9 Å². The molecule has 2 aromatic rings. The average molecular weight is 445 g/mol. The predicted octanol–water partition coefficient (Wildman–Crippen LogP) is 2.64. The van der Waals surface area contributed by atoms with Crippen LogP contribution in [0.15, 0.2) is 23.1 Å². The Morgan fingerprint density at radius 2 is 1.84 bits per heavy atom. The van der Waals surface area contributed by atoms with Gasteiger partial charge < -0.3 is 19.3 Å². The van der Waals surface area contributed by atoms with Gasteiger partial charge in [-0.05, 0) is 38.8 Å². The third-order valence-corrected chi connectivity index (χ3v) is 6.52. The van der Waals surface area contributed by atoms with E-state index in [-0.39, 0.29) is 35.0 Å². The maximum Gasteiger partial charge on any atom is 0.341 e. The van der Waals surface area contributed by atoms with Crippen molar-refractivity contribution in [1.82, 2.24) is 9.47 Å². The molecule has 2 fully saturated rings. The summed E-state index contributed by atoms with van der Waals surface area (Å²) in [6, 6.07) is 3.15. The Hall–Kier alpha value is -2.94. The number of aromatic carboxylic acids is 1. The molecule has 4 rings (SSSR count). The molecular weight excluding hydrogens is 417 g/mol. The van der Waals surface area contributed by atoms with Gasteiger partial charge in [0, 0.05) is 49.3 Å². The van der Waals surface area contributed by atoms with Crippen LogP contribution in [0.2, 0.25) is 0 Å². The molecular formula is C23H28FN3O5. The summed E-state index contributed by atoms with van der Waals surface area (Å²) in [7, 11) is 1.37. The number of rotatable bonds is 6. The van der Waals surface area contributed by atoms with E-state index in [2.05, 4.69) is 4.90 Å². The van der Waals surface area contributed by atoms with Crippen LogP contribution < -0.4 is 10.3 Å². The van der Waals surface area contributed by atoms with Crippen LogP contribution >= 0.6 is 0 Å². The van der Waals surface area contributed by atoms with Gasteiger partial charge in [0.15, 0.2) is 0 Å². The molecule has 2 unspecified atom stereocenters. The van der Waals surface area contributed by atoms with Gasteiger partial charge in [0.2, 0.25) is 5.43 Å². The topological polar surface area (TPSA) is 92.1 Å². The van der Waals surface area contributed by atoms with Crippen LogP contribution in [0.3, 0.4) is 0 Å². The number of carbonyl (C=O) groups excluding carboxylic acids is 1. The number of esters is 1. The van der Waals surface area contributed by atoms with E-state index in [4.69, 9.17) is 4.74 Å². The molecule has 1 saturated heterocycles. The quantitative estimate of drug-likeness (QED) is 0.684. The Morgan fingerprint density at radius 3 is 2.41 bits per heavy atom. The van der Waals surface area contributed by atoms with E-state index in [0.29, 0.717) is 37.3 Å². The van der Waals surface area contributed by atoms with E-state index < -0.39 is 17.2 Å². The van der Waals surface area contributed by atoms with Crippen LogP contribution in [-0.4, -0.2) is 65.3 Å². The summed E-state index contributed by atoms with van der Waals surface area (Å²) in [4.78, 5) is 39.9. The van der Waals surface area contributed by atoms with Crippen molar-refractivity contribution < 1.29 is 23.8 Å². The predicted molar refractivity (Wildman–Crippen MR) is 118 cm³/mol. The highest BCUT2D eigenvalue weighted by Crippen LogP contribution is 2.38. The second kappa shape index (κ2) is 8.54. The van der Waals surface area contributed by atoms with Gasteiger partial charge in [0.25, 0.3) is 0 Å². The number of hydrogen-bond donors (Lipinski definition) is 1. The molecule has 1 saturated carbocycles. The summed E-state index contributed by atoms with van der Waals surface area (Å²) in [5.74, 6) is -2.10. The number of nitrogens with zero attached hydrogens (tertiary/aromatic N) is 3. The average Bonchev–Trinajstić information content (AvgIpc) is 3.58. The number of hydrogen-bond acceptors (Lipinski definition) is 6. The number of halogens is 1. The van der Waals surface area contributed by atoms with Crippen molar-refractivity contribution >= 4 is 28.5 Å². The highest BCUT2D eigenvalue weighted by molar-refractivity contribution is 5.93. The minimum absolute atomic E-state index is 0.0820. The Balaban J connectivity index is 1.68. The fourth-order valence-corrected chi connectivity index (χ4v) is 4.72. The SMILES string of the molecule is COC(=O)CCN1C(C)CN(c2cc3c(cc2F)c(=O)c(C(=O)O)cn3C2CC2)CC1C. The Kier molecular flexibility index (Phi) is 5.94. The molecule has 9 heteroatoms. The number of anilines is 1. The first kappa shape index (κ1) is 22.3. The molecule has 1 aromatic heterocycles. The standard InChI is InChI=1S/C23H28FN3O5/c1-13-10-25(11-14(2)26(13)7-6-21(28)32-3)20-9-19-16(8-18(20)24)22(29)17(23(30)31)12-27(19)15-4-5-15/h8-9,12-15H,4-7,10-11H2,1-3H3,(H,30,31). The number of benzene rings is 1. The number of ether oxygens (including phenoxy) is 1. The summed E-state index contributed by atoms with van der Waals surface area (Å²) in [6.45, 7) is 5.78. The second-order valence-electron chi connectivity index (χ2n) is 8.80. The summed E-state index contributed by atoms with van der Waals surface area (Å²) >= 11 is 0. The number of methoxy groups -OCH3 is 1. The monoisotopic (exact) mass is 445 g/mol. The lowest BCUT2D eigenvalue weighted by Crippen LogP contribution is -2.57. The van der Waals surface area contributed by atoms with Gasteiger partial charge in [-0.2, -0.15) is 0 Å². The van der Waals surface area contributed by atoms with E-state index in [1.165, 1.54) is 19.4 Å². The summed E-state index contributed by atoms with van der Waals surface area (Å²) in [6.07, 6.45) is 3.49. The molecule has 1 aliphatic heterocycles. The number of pyridine rings is 1. The van der Waals surface area contributed by atoms with E-state index >= 15 is 4.39 Å². The van der Waals surface area contributed by atoms with Gasteiger partial charge >= 0.3 is 11.9 Å². The van der Waals surface area contributed by atoms with Gasteiger partial charge in [-0.1, -0.05) is 0 Å². The first-order chi connectivity index (χ1) is 15.2. The lowest BCUT2D eigenvalue weighted by molar-refractivity contribution is -0.141. The Labute approximate surface area is 185 Å². The molecule has 1 aliphatic carbocycles. The van der Waals surface area contributed by atoms with Crippen LogP contribution in [0.5, 0.6) is 0 Å². The smallest absolute Gasteiger partial charge is 0.341 e. The lowest BCUT2D eigenvalue weighted by Gasteiger charge is -2.45. The number of fused-ring (bicyclic) bond motifs is 1. The Morgan fingerprint density at radius 1 is 1.19 bits per heavy atom. The van der Waals surface area contributed by atoms with Crippen LogP contribution in [0, 0.1) is 5.82 Å². The molecule has 32 heavy (non-hydrogen) atoms. The molecule has 1 N–H and O–H groups in total. The lowest BCUT2D eigenvalue weighted by atomic mass is 10.0. The van der Waals surface area contributed by atoms with Crippen LogP contribution in [0.4, 0.5) is 10.1 Å². The van der Waals surface area contributed by atoms with E-state index in [1.807, 2.05) is 23.3 Å². The summed E-state index contributed by atoms with van der Waals surface area (Å²) < 4.78 is 21.7. The zero-order valence-electron chi connectivity index (χ0n) is 18.5. The van der Waals surface area contributed by atoms with Gasteiger partial charge in [0.05, 0.1) is 24.7 Å². The molecule has 8 nitrogen and oxygen atoms in total. The van der Waals surface area contributed by atoms with Crippen molar-refractivity contribution in [1.29, 1.82) is 0 Å². The van der Waals surface area contributed by atoms with Crippen molar-refractivity contribution in [2.45, 2.75) is 51.2 Å². The van der Waals surface area contributed by atoms with Gasteiger partial charge in [-0.3, -0.25) is 14.5 Å². The molecule has 1 aromatic carbocycles. The normalized spacial score (nSPS) is 21.7. The van der Waals surface area contributed by atoms with Gasteiger partial charge in [-0.15, -0.1) is 0 Å². The first-order valence-corrected chi connectivity index (χ1v) is 10.9. The van der Waals surface area contributed by atoms with Crippen molar-refractivity contribution in [2.75, 3.05) is 31.6 Å². The van der Waals surface area contributed by atoms with Crippen molar-refractivity contribution in [3.8, 4) is 0 Å². The maximum atomic E-state index is 15.2. The first-order valence-electron chi connectivity index (χ1n) is 10.9. The molecule has 2 aliphatic rings. The van der Waals surface area contributed by atoms with Crippen LogP contribution in [-0.2, 0) is 9.53 Å². The van der Waals surface area contributed by atoms with Crippen molar-refractivity contribution in [2.24, 2.45) is 0 Å². The molecule has 0 amide bonds. The molecule has 0 radical (unpaired) electrons. The molecule has 0 bridgehead atoms. The molecule has 2 heterocycles. The number of carbonyl (C=O) groups is 2. The third kappa shape index (κ3) is 4.09. The van der Waals surface area contributed by atoms with Gasteiger partial charge in [-0.25, -0.2) is 9.18 Å². The zero-order valence-corrected chi connectivity index (χ0v) is 18.5. The van der Waals surface area contributed by atoms with E-state index in [1.54, 1.807) is 6.07 Å². The number of piperazine rings is 1. The largest absolute Gasteiger partial charge is 0.477 e. The van der Waals surface area contributed by atoms with Crippen molar-refractivity contribution in [3.63, 3.8) is 0 Å². The van der Waals surface area contributed by atoms with Crippen molar-refractivity contribution in [3.05, 3.63) is 39.9 Å². The molecule has 172 valence electrons. The summed E-state index contributed by atoms with van der Waals surface area (Å²) in [5.41, 5.74) is -0.0322. The third-order valence-electron chi connectivity index (χ3n) is 6.52. The number of carboxylic acids is 1. The summed E-state index contributed by atoms with van der Waals surface area (Å²) in [5, 5.41) is 9.50. The fourth-order valence-electron chi connectivity index (χ4n) is 4.72. The Bertz CT molecular complexity index is 1110. The maximum absolute atomic E-state index is 15.2. The zero-order chi connectivity index (χ0) is 23.2. The molecule has 0 spiro atoms. The molecule has 2 atom stereocenters.